The number of rotatable bonds is 5. The Hall–Kier alpha value is -0.450. The third kappa shape index (κ3) is 4.37. The van der Waals surface area contributed by atoms with E-state index in [9.17, 15) is 0 Å². The molecule has 2 atom stereocenters. The molecule has 3 nitrogen and oxygen atoms in total. The van der Waals surface area contributed by atoms with E-state index in [-0.39, 0.29) is 0 Å². The minimum atomic E-state index is 0.664. The van der Waals surface area contributed by atoms with Gasteiger partial charge in [0, 0.05) is 36.6 Å². The number of piperidine rings is 1. The largest absolute Gasteiger partial charge is 0.315 e. The number of nitrogens with zero attached hydrogens (tertiary/aromatic N) is 1. The maximum absolute atomic E-state index is 4.47. The molecule has 1 aliphatic rings. The van der Waals surface area contributed by atoms with E-state index in [2.05, 4.69) is 34.8 Å². The third-order valence-corrected chi connectivity index (χ3v) is 4.36. The Bertz CT molecular complexity index is 337. The van der Waals surface area contributed by atoms with Crippen molar-refractivity contribution in [2.24, 2.45) is 5.92 Å². The number of hydrogen-bond donors (Lipinski definition) is 2. The first-order valence-corrected chi connectivity index (χ1v) is 7.47. The normalized spacial score (nSPS) is 25.1. The van der Waals surface area contributed by atoms with Gasteiger partial charge >= 0.3 is 0 Å². The average Bonchev–Trinajstić information content (AvgIpc) is 2.71. The molecule has 0 bridgehead atoms. The highest BCUT2D eigenvalue weighted by molar-refractivity contribution is 7.09. The molecule has 2 heterocycles. The lowest BCUT2D eigenvalue weighted by atomic mass is 9.94. The smallest absolute Gasteiger partial charge is 0.0940 e. The summed E-state index contributed by atoms with van der Waals surface area (Å²) in [7, 11) is 0. The van der Waals surface area contributed by atoms with Crippen molar-refractivity contribution in [2.75, 3.05) is 19.6 Å². The first-order chi connectivity index (χ1) is 8.24. The van der Waals surface area contributed by atoms with Gasteiger partial charge in [-0.3, -0.25) is 0 Å². The molecule has 1 aliphatic heterocycles. The van der Waals surface area contributed by atoms with Crippen LogP contribution in [-0.2, 0) is 6.42 Å². The monoisotopic (exact) mass is 253 g/mol. The van der Waals surface area contributed by atoms with Crippen molar-refractivity contribution in [3.05, 3.63) is 16.1 Å². The van der Waals surface area contributed by atoms with Crippen molar-refractivity contribution in [1.29, 1.82) is 0 Å². The molecule has 0 amide bonds. The second-order valence-electron chi connectivity index (χ2n) is 5.12. The molecule has 0 aliphatic carbocycles. The SMILES string of the molecule is Cc1csc(CCNCC2CC(C)CCN2)n1. The summed E-state index contributed by atoms with van der Waals surface area (Å²) in [4.78, 5) is 4.47. The van der Waals surface area contributed by atoms with Gasteiger partial charge in [-0.2, -0.15) is 0 Å². The van der Waals surface area contributed by atoms with E-state index >= 15 is 0 Å². The molecule has 1 aromatic rings. The van der Waals surface area contributed by atoms with Crippen molar-refractivity contribution in [2.45, 2.75) is 39.2 Å². The summed E-state index contributed by atoms with van der Waals surface area (Å²) in [5, 5.41) is 10.5. The van der Waals surface area contributed by atoms with Crippen molar-refractivity contribution in [3.8, 4) is 0 Å². The van der Waals surface area contributed by atoms with Crippen LogP contribution >= 0.6 is 11.3 Å². The summed E-state index contributed by atoms with van der Waals surface area (Å²) in [5.41, 5.74) is 1.15. The van der Waals surface area contributed by atoms with Gasteiger partial charge in [-0.25, -0.2) is 4.98 Å². The minimum absolute atomic E-state index is 0.664. The van der Waals surface area contributed by atoms with Gasteiger partial charge in [0.1, 0.15) is 0 Å². The molecule has 1 saturated heterocycles. The van der Waals surface area contributed by atoms with Gasteiger partial charge in [0.05, 0.1) is 5.01 Å². The molecule has 0 saturated carbocycles. The van der Waals surface area contributed by atoms with Crippen molar-refractivity contribution >= 4 is 11.3 Å². The highest BCUT2D eigenvalue weighted by atomic mass is 32.1. The molecule has 1 fully saturated rings. The fraction of sp³-hybridized carbons (Fsp3) is 0.769. The summed E-state index contributed by atoms with van der Waals surface area (Å²) in [6, 6.07) is 0.664. The van der Waals surface area contributed by atoms with E-state index in [1.165, 1.54) is 24.4 Å². The van der Waals surface area contributed by atoms with E-state index in [1.54, 1.807) is 11.3 Å². The van der Waals surface area contributed by atoms with Gasteiger partial charge in [0.25, 0.3) is 0 Å². The lowest BCUT2D eigenvalue weighted by Crippen LogP contribution is -2.44. The van der Waals surface area contributed by atoms with E-state index in [4.69, 9.17) is 0 Å². The predicted octanol–water partition coefficient (Wildman–Crippen LogP) is 1.97. The Morgan fingerprint density at radius 3 is 3.18 bits per heavy atom. The highest BCUT2D eigenvalue weighted by Crippen LogP contribution is 2.14. The summed E-state index contributed by atoms with van der Waals surface area (Å²) in [5.74, 6) is 0.879. The summed E-state index contributed by atoms with van der Waals surface area (Å²) in [6.45, 7) is 7.72. The Kier molecular flexibility index (Phi) is 4.95. The topological polar surface area (TPSA) is 37.0 Å². The van der Waals surface area contributed by atoms with Crippen LogP contribution in [-0.4, -0.2) is 30.7 Å². The predicted molar refractivity (Wildman–Crippen MR) is 73.6 cm³/mol. The van der Waals surface area contributed by atoms with Gasteiger partial charge < -0.3 is 10.6 Å². The molecule has 0 radical (unpaired) electrons. The summed E-state index contributed by atoms with van der Waals surface area (Å²) in [6.07, 6.45) is 3.69. The van der Waals surface area contributed by atoms with Crippen molar-refractivity contribution in [3.63, 3.8) is 0 Å². The molecular weight excluding hydrogens is 230 g/mol. The fourth-order valence-electron chi connectivity index (χ4n) is 2.37. The number of aryl methyl sites for hydroxylation is 1. The van der Waals surface area contributed by atoms with Gasteiger partial charge in [0.2, 0.25) is 0 Å². The number of hydrogen-bond acceptors (Lipinski definition) is 4. The molecule has 2 unspecified atom stereocenters. The molecule has 2 N–H and O–H groups in total. The maximum Gasteiger partial charge on any atom is 0.0940 e. The number of thiazole rings is 1. The fourth-order valence-corrected chi connectivity index (χ4v) is 3.14. The van der Waals surface area contributed by atoms with Crippen LogP contribution < -0.4 is 10.6 Å². The van der Waals surface area contributed by atoms with E-state index in [0.717, 1.165) is 31.1 Å². The summed E-state index contributed by atoms with van der Waals surface area (Å²) < 4.78 is 0. The Labute approximate surface area is 108 Å². The van der Waals surface area contributed by atoms with Crippen LogP contribution in [0, 0.1) is 12.8 Å². The number of aromatic nitrogens is 1. The van der Waals surface area contributed by atoms with Gasteiger partial charge in [-0.05, 0) is 32.2 Å². The molecule has 0 aromatic carbocycles. The van der Waals surface area contributed by atoms with Crippen LogP contribution in [0.3, 0.4) is 0 Å². The van der Waals surface area contributed by atoms with Gasteiger partial charge in [-0.1, -0.05) is 6.92 Å². The molecule has 96 valence electrons. The third-order valence-electron chi connectivity index (χ3n) is 3.33. The zero-order valence-electron chi connectivity index (χ0n) is 10.8. The van der Waals surface area contributed by atoms with E-state index in [0.29, 0.717) is 6.04 Å². The average molecular weight is 253 g/mol. The second-order valence-corrected chi connectivity index (χ2v) is 6.06. The van der Waals surface area contributed by atoms with Crippen LogP contribution in [0.2, 0.25) is 0 Å². The first kappa shape index (κ1) is 13.0. The van der Waals surface area contributed by atoms with E-state index < -0.39 is 0 Å². The van der Waals surface area contributed by atoms with Crippen molar-refractivity contribution in [1.82, 2.24) is 15.6 Å². The van der Waals surface area contributed by atoms with Gasteiger partial charge in [-0.15, -0.1) is 11.3 Å². The zero-order valence-corrected chi connectivity index (χ0v) is 11.6. The van der Waals surface area contributed by atoms with E-state index in [1.807, 2.05) is 0 Å². The van der Waals surface area contributed by atoms with Crippen LogP contribution in [0.5, 0.6) is 0 Å². The minimum Gasteiger partial charge on any atom is -0.315 e. The molecule has 4 heteroatoms. The Morgan fingerprint density at radius 2 is 2.47 bits per heavy atom. The highest BCUT2D eigenvalue weighted by Gasteiger charge is 2.17. The second kappa shape index (κ2) is 6.47. The maximum atomic E-state index is 4.47. The van der Waals surface area contributed by atoms with Crippen LogP contribution in [0.4, 0.5) is 0 Å². The quantitative estimate of drug-likeness (QED) is 0.788. The van der Waals surface area contributed by atoms with Gasteiger partial charge in [0.15, 0.2) is 0 Å². The Morgan fingerprint density at radius 1 is 1.59 bits per heavy atom. The molecular formula is C13H23N3S. The lowest BCUT2D eigenvalue weighted by molar-refractivity contribution is 0.311. The van der Waals surface area contributed by atoms with Crippen LogP contribution in [0.1, 0.15) is 30.5 Å². The first-order valence-electron chi connectivity index (χ1n) is 6.59. The van der Waals surface area contributed by atoms with Crippen LogP contribution in [0.15, 0.2) is 5.38 Å². The Balaban J connectivity index is 1.59. The standard InChI is InChI=1S/C13H23N3S/c1-10-3-6-15-12(7-10)8-14-5-4-13-16-11(2)9-17-13/h9-10,12,14-15H,3-8H2,1-2H3. The lowest BCUT2D eigenvalue weighted by Gasteiger charge is -2.28. The van der Waals surface area contributed by atoms with Crippen LogP contribution in [0.25, 0.3) is 0 Å². The number of nitrogens with one attached hydrogen (secondary N) is 2. The molecule has 0 spiro atoms. The molecule has 2 rings (SSSR count). The van der Waals surface area contributed by atoms with Crippen molar-refractivity contribution < 1.29 is 0 Å². The molecule has 17 heavy (non-hydrogen) atoms. The summed E-state index contributed by atoms with van der Waals surface area (Å²) >= 11 is 1.77. The molecule has 1 aromatic heterocycles. The zero-order chi connectivity index (χ0) is 12.1.